The summed E-state index contributed by atoms with van der Waals surface area (Å²) in [5, 5.41) is 0. The molecule has 3 aliphatic rings. The summed E-state index contributed by atoms with van der Waals surface area (Å²) in [6, 6.07) is 20.7. The Hall–Kier alpha value is -1.56. The second kappa shape index (κ2) is 6.31. The van der Waals surface area contributed by atoms with Gasteiger partial charge in [0.2, 0.25) is 0 Å². The highest BCUT2D eigenvalue weighted by Gasteiger charge is 2.53. The molecule has 0 heteroatoms. The lowest BCUT2D eigenvalue weighted by Crippen LogP contribution is -2.44. The normalized spacial score (nSPS) is 23.2. The molecule has 2 radical (unpaired) electrons. The lowest BCUT2D eigenvalue weighted by atomic mass is 9.55. The fourth-order valence-electron chi connectivity index (χ4n) is 6.44. The van der Waals surface area contributed by atoms with Crippen LogP contribution in [0, 0.1) is 24.0 Å². The van der Waals surface area contributed by atoms with Crippen LogP contribution in [0.1, 0.15) is 75.3 Å². The number of fused-ring (bicyclic) bond motifs is 3. The molecule has 5 rings (SSSR count). The van der Waals surface area contributed by atoms with E-state index in [1.807, 2.05) is 0 Å². The zero-order valence-corrected chi connectivity index (χ0v) is 15.2. The highest BCUT2D eigenvalue weighted by Crippen LogP contribution is 2.61. The van der Waals surface area contributed by atoms with Crippen molar-refractivity contribution < 1.29 is 0 Å². The van der Waals surface area contributed by atoms with Crippen molar-refractivity contribution in [2.45, 2.75) is 69.6 Å². The SMILES string of the molecule is [c]1ccc2c(c1)C(C1CCCCC1)(C1CCCCC1)c1[c]cccc1-2. The van der Waals surface area contributed by atoms with E-state index in [1.54, 1.807) is 5.56 Å². The van der Waals surface area contributed by atoms with E-state index in [1.165, 1.54) is 80.9 Å². The van der Waals surface area contributed by atoms with E-state index in [9.17, 15) is 0 Å². The standard InChI is InChI=1S/C25H28/c1-3-11-19(12-4-1)25(20-13-5-2-6-14-20)23-17-9-7-15-21(23)22-16-8-10-18-24(22)25/h7-9,15-16,18-20H,1-6,11-14H2. The second-order valence-electron chi connectivity index (χ2n) is 8.47. The minimum absolute atomic E-state index is 0.213. The minimum Gasteiger partial charge on any atom is -0.0610 e. The van der Waals surface area contributed by atoms with Gasteiger partial charge in [-0.25, -0.2) is 0 Å². The molecule has 0 bridgehead atoms. The van der Waals surface area contributed by atoms with Crippen LogP contribution in [0.15, 0.2) is 36.4 Å². The average molecular weight is 328 g/mol. The third-order valence-corrected chi connectivity index (χ3v) is 7.37. The third kappa shape index (κ3) is 2.26. The summed E-state index contributed by atoms with van der Waals surface area (Å²) < 4.78 is 0. The molecule has 0 spiro atoms. The Bertz CT molecular complexity index is 679. The Labute approximate surface area is 152 Å². The van der Waals surface area contributed by atoms with Crippen LogP contribution < -0.4 is 0 Å². The zero-order valence-electron chi connectivity index (χ0n) is 15.2. The van der Waals surface area contributed by atoms with Crippen LogP contribution >= 0.6 is 0 Å². The molecule has 0 aliphatic heterocycles. The van der Waals surface area contributed by atoms with Crippen molar-refractivity contribution in [3.05, 3.63) is 59.7 Å². The van der Waals surface area contributed by atoms with Crippen molar-refractivity contribution in [2.75, 3.05) is 0 Å². The van der Waals surface area contributed by atoms with Crippen LogP contribution in [0.25, 0.3) is 11.1 Å². The van der Waals surface area contributed by atoms with Crippen LogP contribution in [0.3, 0.4) is 0 Å². The smallest absolute Gasteiger partial charge is 0.0277 e. The van der Waals surface area contributed by atoms with Crippen molar-refractivity contribution in [1.82, 2.24) is 0 Å². The van der Waals surface area contributed by atoms with Gasteiger partial charge in [-0.15, -0.1) is 0 Å². The molecule has 0 atom stereocenters. The summed E-state index contributed by atoms with van der Waals surface area (Å²) in [6.45, 7) is 0. The third-order valence-electron chi connectivity index (χ3n) is 7.37. The van der Waals surface area contributed by atoms with Crippen molar-refractivity contribution in [3.8, 4) is 11.1 Å². The molecule has 0 heterocycles. The van der Waals surface area contributed by atoms with E-state index in [2.05, 4.69) is 48.5 Å². The molecular weight excluding hydrogens is 300 g/mol. The molecule has 2 aromatic carbocycles. The summed E-state index contributed by atoms with van der Waals surface area (Å²) in [7, 11) is 0. The van der Waals surface area contributed by atoms with Gasteiger partial charge in [-0.2, -0.15) is 0 Å². The molecule has 25 heavy (non-hydrogen) atoms. The Morgan fingerprint density at radius 3 is 2.12 bits per heavy atom. The number of hydrogen-bond acceptors (Lipinski definition) is 0. The quantitative estimate of drug-likeness (QED) is 0.574. The first kappa shape index (κ1) is 15.7. The minimum atomic E-state index is 0.213. The molecule has 0 amide bonds. The molecule has 2 fully saturated rings. The van der Waals surface area contributed by atoms with E-state index >= 15 is 0 Å². The van der Waals surface area contributed by atoms with Crippen molar-refractivity contribution in [2.24, 2.45) is 11.8 Å². The van der Waals surface area contributed by atoms with Crippen molar-refractivity contribution >= 4 is 0 Å². The lowest BCUT2D eigenvalue weighted by Gasteiger charge is -2.48. The molecule has 0 nitrogen and oxygen atoms in total. The predicted octanol–water partition coefficient (Wildman–Crippen LogP) is 6.71. The van der Waals surface area contributed by atoms with E-state index < -0.39 is 0 Å². The van der Waals surface area contributed by atoms with Crippen LogP contribution in [-0.2, 0) is 5.41 Å². The van der Waals surface area contributed by atoms with Gasteiger partial charge < -0.3 is 0 Å². The maximum Gasteiger partial charge on any atom is 0.0277 e. The van der Waals surface area contributed by atoms with E-state index in [-0.39, 0.29) is 5.41 Å². The number of benzene rings is 2. The van der Waals surface area contributed by atoms with E-state index in [4.69, 9.17) is 0 Å². The fraction of sp³-hybridized carbons (Fsp3) is 0.520. The highest BCUT2D eigenvalue weighted by molar-refractivity contribution is 5.81. The van der Waals surface area contributed by atoms with Crippen LogP contribution in [0.2, 0.25) is 0 Å². The van der Waals surface area contributed by atoms with E-state index in [0.29, 0.717) is 0 Å². The Morgan fingerprint density at radius 2 is 1.44 bits per heavy atom. The summed E-state index contributed by atoms with van der Waals surface area (Å²) >= 11 is 0. The molecule has 0 unspecified atom stereocenters. The summed E-state index contributed by atoms with van der Waals surface area (Å²) in [6.07, 6.45) is 14.1. The molecule has 128 valence electrons. The van der Waals surface area contributed by atoms with Gasteiger partial charge >= 0.3 is 0 Å². The molecular formula is C25H28. The van der Waals surface area contributed by atoms with Crippen molar-refractivity contribution in [1.29, 1.82) is 0 Å². The molecule has 0 aromatic heterocycles. The average Bonchev–Trinajstić information content (AvgIpc) is 3.01. The largest absolute Gasteiger partial charge is 0.0610 e. The van der Waals surface area contributed by atoms with Gasteiger partial charge in [-0.05, 0) is 78.0 Å². The predicted molar refractivity (Wildman–Crippen MR) is 103 cm³/mol. The Kier molecular flexibility index (Phi) is 3.95. The first-order valence-electron chi connectivity index (χ1n) is 10.4. The van der Waals surface area contributed by atoms with Gasteiger partial charge in [0.25, 0.3) is 0 Å². The van der Waals surface area contributed by atoms with Crippen LogP contribution in [-0.4, -0.2) is 0 Å². The topological polar surface area (TPSA) is 0 Å². The Morgan fingerprint density at radius 1 is 0.760 bits per heavy atom. The summed E-state index contributed by atoms with van der Waals surface area (Å²) in [4.78, 5) is 0. The first-order valence-corrected chi connectivity index (χ1v) is 10.4. The van der Waals surface area contributed by atoms with Gasteiger partial charge in [0, 0.05) is 5.41 Å². The first-order chi connectivity index (χ1) is 12.4. The van der Waals surface area contributed by atoms with Gasteiger partial charge in [-0.3, -0.25) is 0 Å². The molecule has 3 aliphatic carbocycles. The van der Waals surface area contributed by atoms with Gasteiger partial charge in [0.05, 0.1) is 0 Å². The van der Waals surface area contributed by atoms with Crippen LogP contribution in [0.4, 0.5) is 0 Å². The fourth-order valence-corrected chi connectivity index (χ4v) is 6.44. The van der Waals surface area contributed by atoms with Gasteiger partial charge in [0.1, 0.15) is 0 Å². The maximum absolute atomic E-state index is 3.77. The summed E-state index contributed by atoms with van der Waals surface area (Å²) in [5.41, 5.74) is 6.27. The van der Waals surface area contributed by atoms with E-state index in [0.717, 1.165) is 11.8 Å². The summed E-state index contributed by atoms with van der Waals surface area (Å²) in [5.74, 6) is 1.58. The Balaban J connectivity index is 1.76. The maximum atomic E-state index is 3.77. The van der Waals surface area contributed by atoms with Gasteiger partial charge in [0.15, 0.2) is 0 Å². The monoisotopic (exact) mass is 328 g/mol. The zero-order chi connectivity index (χ0) is 16.7. The molecule has 2 aromatic rings. The van der Waals surface area contributed by atoms with Gasteiger partial charge in [-0.1, -0.05) is 68.9 Å². The second-order valence-corrected chi connectivity index (χ2v) is 8.47. The molecule has 0 saturated heterocycles. The highest BCUT2D eigenvalue weighted by atomic mass is 14.6. The molecule has 0 N–H and O–H groups in total. The molecule has 2 saturated carbocycles. The van der Waals surface area contributed by atoms with Crippen molar-refractivity contribution in [3.63, 3.8) is 0 Å². The number of rotatable bonds is 2. The lowest BCUT2D eigenvalue weighted by molar-refractivity contribution is 0.137. The van der Waals surface area contributed by atoms with Crippen LogP contribution in [0.5, 0.6) is 0 Å². The number of hydrogen-bond donors (Lipinski definition) is 0.